The van der Waals surface area contributed by atoms with Crippen LogP contribution in [-0.4, -0.2) is 45.1 Å². The lowest BCUT2D eigenvalue weighted by Crippen LogP contribution is -2.29. The summed E-state index contributed by atoms with van der Waals surface area (Å²) in [5, 5.41) is 0. The van der Waals surface area contributed by atoms with E-state index in [0.717, 1.165) is 11.9 Å². The van der Waals surface area contributed by atoms with Crippen molar-refractivity contribution in [1.82, 2.24) is 0 Å². The van der Waals surface area contributed by atoms with Gasteiger partial charge in [-0.25, -0.2) is 0 Å². The summed E-state index contributed by atoms with van der Waals surface area (Å²) in [4.78, 5) is 24.1. The number of carbonyl (C=O) groups excluding carboxylic acids is 2. The van der Waals surface area contributed by atoms with Crippen LogP contribution in [0.15, 0.2) is 24.3 Å². The van der Waals surface area contributed by atoms with Gasteiger partial charge in [0.25, 0.3) is 10.1 Å². The lowest BCUT2D eigenvalue weighted by Gasteiger charge is -2.25. The van der Waals surface area contributed by atoms with Gasteiger partial charge in [0.2, 0.25) is 0 Å². The Balaban J connectivity index is 1.70. The van der Waals surface area contributed by atoms with Gasteiger partial charge in [0.1, 0.15) is 26.8 Å². The summed E-state index contributed by atoms with van der Waals surface area (Å²) in [7, 11) is -2.06. The van der Waals surface area contributed by atoms with Crippen molar-refractivity contribution in [1.29, 1.82) is 0 Å². The number of benzene rings is 1. The Morgan fingerprint density at radius 1 is 0.963 bits per heavy atom. The van der Waals surface area contributed by atoms with Crippen LogP contribution in [-0.2, 0) is 42.1 Å². The molecule has 0 spiro atoms. The molecule has 0 radical (unpaired) electrons. The minimum Gasteiger partial charge on any atom is -0.464 e. The normalized spacial score (nSPS) is 20.0. The van der Waals surface area contributed by atoms with E-state index in [1.807, 2.05) is 24.3 Å². The molecule has 0 amide bonds. The first kappa shape index (κ1) is 21.4. The quantitative estimate of drug-likeness (QED) is 0.398. The maximum Gasteiger partial charge on any atom is 0.309 e. The van der Waals surface area contributed by atoms with E-state index >= 15 is 0 Å². The zero-order valence-electron chi connectivity index (χ0n) is 15.4. The van der Waals surface area contributed by atoms with Crippen LogP contribution in [0.25, 0.3) is 0 Å². The molecule has 0 bridgehead atoms. The number of rotatable bonds is 8. The molecule has 1 aliphatic rings. The zero-order valence-corrected chi connectivity index (χ0v) is 16.2. The maximum absolute atomic E-state index is 12.2. The molecule has 1 aromatic carbocycles. The second-order valence-corrected chi connectivity index (χ2v) is 8.35. The third-order valence-corrected chi connectivity index (χ3v) is 5.47. The molecule has 1 aliphatic carbocycles. The molecule has 148 valence electrons. The van der Waals surface area contributed by atoms with Gasteiger partial charge in [-0.05, 0) is 31.2 Å². The van der Waals surface area contributed by atoms with Crippen molar-refractivity contribution < 1.29 is 32.0 Å². The Kier molecular flexibility index (Phi) is 7.85. The molecule has 0 aliphatic heterocycles. The van der Waals surface area contributed by atoms with Crippen molar-refractivity contribution in [2.75, 3.05) is 12.4 Å². The molecule has 1 saturated carbocycles. The summed E-state index contributed by atoms with van der Waals surface area (Å²) < 4.78 is 40.1. The highest BCUT2D eigenvalue weighted by Gasteiger charge is 2.31. The minimum atomic E-state index is -4.14. The smallest absolute Gasteiger partial charge is 0.309 e. The summed E-state index contributed by atoms with van der Waals surface area (Å²) in [6.07, 6.45) is 3.02. The fraction of sp³-hybridized carbons (Fsp3) is 0.556. The molecule has 1 fully saturated rings. The van der Waals surface area contributed by atoms with Gasteiger partial charge in [0, 0.05) is 0 Å². The van der Waals surface area contributed by atoms with Crippen LogP contribution < -0.4 is 0 Å². The van der Waals surface area contributed by atoms with Crippen LogP contribution in [0.3, 0.4) is 0 Å². The Morgan fingerprint density at radius 2 is 1.44 bits per heavy atom. The third kappa shape index (κ3) is 7.34. The topological polar surface area (TPSA) is 107 Å². The van der Waals surface area contributed by atoms with E-state index < -0.39 is 21.8 Å². The van der Waals surface area contributed by atoms with Crippen LogP contribution in [0.2, 0.25) is 0 Å². The van der Waals surface area contributed by atoms with Crippen molar-refractivity contribution in [3.63, 3.8) is 0 Å². The molecule has 0 aromatic heterocycles. The average molecular weight is 396 g/mol. The van der Waals surface area contributed by atoms with Gasteiger partial charge < -0.3 is 9.47 Å². The molecule has 0 unspecified atom stereocenters. The lowest BCUT2D eigenvalue weighted by atomic mass is 9.82. The number of esters is 2. The summed E-state index contributed by atoms with van der Waals surface area (Å²) in [5.74, 6) is -1.94. The predicted molar refractivity (Wildman–Crippen MR) is 101 cm³/mol. The fourth-order valence-corrected chi connectivity index (χ4v) is 3.37. The zero-order chi connectivity index (χ0) is 19.9. The van der Waals surface area contributed by atoms with Crippen LogP contribution in [0, 0.1) is 11.8 Å². The summed E-state index contributed by atoms with van der Waals surface area (Å²) in [6, 6.07) is 7.93. The molecule has 27 heavy (non-hydrogen) atoms. The first-order valence-corrected chi connectivity index (χ1v) is 10.8. The molecule has 0 heterocycles. The van der Waals surface area contributed by atoms with E-state index in [1.165, 1.54) is 5.56 Å². The minimum absolute atomic E-state index is 0.234. The van der Waals surface area contributed by atoms with E-state index in [1.54, 1.807) is 0 Å². The van der Waals surface area contributed by atoms with E-state index in [4.69, 9.17) is 14.0 Å². The number of carbonyl (C=O) groups is 2. The molecule has 0 saturated heterocycles. The Morgan fingerprint density at radius 3 is 1.93 bits per heavy atom. The van der Waals surface area contributed by atoms with E-state index in [0.29, 0.717) is 25.7 Å². The summed E-state index contributed by atoms with van der Waals surface area (Å²) >= 11 is 0. The van der Waals surface area contributed by atoms with E-state index in [9.17, 15) is 18.0 Å². The van der Waals surface area contributed by atoms with Crippen LogP contribution >= 0.6 is 0 Å². The van der Waals surface area contributed by atoms with Gasteiger partial charge in [-0.2, -0.15) is 8.42 Å². The Labute approximate surface area is 160 Å². The fourth-order valence-electron chi connectivity index (χ4n) is 3.07. The highest BCUT2D eigenvalue weighted by atomic mass is 32.2. The van der Waals surface area contributed by atoms with Crippen molar-refractivity contribution >= 4 is 29.9 Å². The predicted octanol–water partition coefficient (Wildman–Crippen LogP) is 1.10. The lowest BCUT2D eigenvalue weighted by molar-refractivity contribution is -0.155. The van der Waals surface area contributed by atoms with E-state index in [-0.39, 0.29) is 31.0 Å². The number of hydrogen-bond acceptors (Lipinski definition) is 6. The van der Waals surface area contributed by atoms with Crippen LogP contribution in [0.1, 0.15) is 36.8 Å². The first-order valence-electron chi connectivity index (χ1n) is 9.14. The monoisotopic (exact) mass is 396 g/mol. The summed E-state index contributed by atoms with van der Waals surface area (Å²) in [5.41, 5.74) is 2.17. The number of hydrogen-bond donors (Lipinski definition) is 1. The number of ether oxygens (including phenoxy) is 2. The van der Waals surface area contributed by atoms with Gasteiger partial charge in [0.15, 0.2) is 0 Å². The van der Waals surface area contributed by atoms with Gasteiger partial charge in [-0.1, -0.05) is 36.1 Å². The van der Waals surface area contributed by atoms with Gasteiger partial charge in [-0.15, -0.1) is 0 Å². The average Bonchev–Trinajstić information content (AvgIpc) is 2.65. The Bertz CT molecular complexity index is 737. The van der Waals surface area contributed by atoms with E-state index in [2.05, 4.69) is 7.85 Å². The Hall–Kier alpha value is -1.87. The molecular formula is C18H25BO7S. The third-order valence-electron chi connectivity index (χ3n) is 4.79. The molecule has 1 N–H and O–H groups in total. The highest BCUT2D eigenvalue weighted by molar-refractivity contribution is 7.85. The second kappa shape index (κ2) is 9.89. The molecular weight excluding hydrogens is 371 g/mol. The van der Waals surface area contributed by atoms with Crippen molar-refractivity contribution in [3.8, 4) is 0 Å². The summed E-state index contributed by atoms with van der Waals surface area (Å²) in [6.45, 7) is -0.128. The maximum atomic E-state index is 12.2. The second-order valence-electron chi connectivity index (χ2n) is 6.78. The van der Waals surface area contributed by atoms with Crippen molar-refractivity contribution in [2.45, 2.75) is 38.6 Å². The molecule has 9 heteroatoms. The van der Waals surface area contributed by atoms with Gasteiger partial charge >= 0.3 is 11.9 Å². The van der Waals surface area contributed by atoms with Crippen LogP contribution in [0.5, 0.6) is 0 Å². The van der Waals surface area contributed by atoms with Crippen molar-refractivity contribution in [2.24, 2.45) is 11.8 Å². The SMILES string of the molecule is BCc1ccc(COC(=O)C2CCC(C(=O)OCCS(=O)(=O)O)CC2)cc1. The van der Waals surface area contributed by atoms with Gasteiger partial charge in [0.05, 0.1) is 11.8 Å². The molecule has 0 atom stereocenters. The van der Waals surface area contributed by atoms with Crippen LogP contribution in [0.4, 0.5) is 0 Å². The highest BCUT2D eigenvalue weighted by Crippen LogP contribution is 2.30. The molecule has 1 aromatic rings. The first-order chi connectivity index (χ1) is 12.8. The van der Waals surface area contributed by atoms with Crippen molar-refractivity contribution in [3.05, 3.63) is 35.4 Å². The molecule has 7 nitrogen and oxygen atoms in total. The largest absolute Gasteiger partial charge is 0.464 e. The standard InChI is InChI=1S/C18H25BO7S/c19-11-13-1-3-14(4-2-13)12-26-18(21)16-7-5-15(6-8-16)17(20)25-9-10-27(22,23)24/h1-4,15-16H,5-12,19H2,(H,22,23,24). The molecule has 2 rings (SSSR count). The van der Waals surface area contributed by atoms with Gasteiger partial charge in [-0.3, -0.25) is 14.1 Å².